The van der Waals surface area contributed by atoms with Crippen molar-refractivity contribution < 1.29 is 28.2 Å². The van der Waals surface area contributed by atoms with E-state index in [1.165, 1.54) is 14.2 Å². The van der Waals surface area contributed by atoms with Gasteiger partial charge in [-0.3, -0.25) is 4.79 Å². The lowest BCUT2D eigenvalue weighted by molar-refractivity contribution is 0.0499. The van der Waals surface area contributed by atoms with E-state index in [1.54, 1.807) is 39.8 Å². The molecule has 2 heterocycles. The molecule has 0 radical (unpaired) electrons. The number of primary amides is 1. The molecule has 0 bridgehead atoms. The van der Waals surface area contributed by atoms with Gasteiger partial charge in [-0.05, 0) is 39.7 Å². The number of hydrogen-bond donors (Lipinski definition) is 4. The average molecular weight is 507 g/mol. The maximum atomic E-state index is 15.0. The molecule has 2 aromatic heterocycles. The molecular formula is C24H35FN6O5. The number of anilines is 3. The maximum absolute atomic E-state index is 15.0. The molecule has 0 fully saturated rings. The fourth-order valence-corrected chi connectivity index (χ4v) is 3.38. The number of ether oxygens (including phenoxy) is 3. The van der Waals surface area contributed by atoms with Crippen molar-refractivity contribution in [3.8, 4) is 11.8 Å². The fraction of sp³-hybridized carbons (Fsp3) is 0.500. The molecule has 0 unspecified atom stereocenters. The number of pyridine rings is 2. The normalized spacial score (nSPS) is 12.9. The highest BCUT2D eigenvalue weighted by Gasteiger charge is 2.27. The molecule has 0 spiro atoms. The first-order valence-corrected chi connectivity index (χ1v) is 11.4. The Morgan fingerprint density at radius 3 is 2.06 bits per heavy atom. The molecule has 0 saturated carbocycles. The molecule has 12 heteroatoms. The van der Waals surface area contributed by atoms with Crippen LogP contribution < -0.4 is 31.2 Å². The van der Waals surface area contributed by atoms with Crippen molar-refractivity contribution in [2.75, 3.05) is 24.9 Å². The molecule has 0 aliphatic carbocycles. The highest BCUT2D eigenvalue weighted by atomic mass is 19.1. The Bertz CT molecular complexity index is 1070. The number of methoxy groups -OCH3 is 2. The lowest BCUT2D eigenvalue weighted by Gasteiger charge is -2.31. The Morgan fingerprint density at radius 1 is 1.00 bits per heavy atom. The average Bonchev–Trinajstić information content (AvgIpc) is 2.76. The third-order valence-corrected chi connectivity index (χ3v) is 5.01. The molecule has 5 N–H and O–H groups in total. The van der Waals surface area contributed by atoms with Crippen LogP contribution in [0.15, 0.2) is 18.2 Å². The monoisotopic (exact) mass is 506 g/mol. The highest BCUT2D eigenvalue weighted by Crippen LogP contribution is 2.28. The number of carbonyl (C=O) groups is 2. The zero-order chi connectivity index (χ0) is 27.2. The number of halogens is 1. The van der Waals surface area contributed by atoms with Crippen LogP contribution in [0.25, 0.3) is 0 Å². The lowest BCUT2D eigenvalue weighted by atomic mass is 9.97. The quantitative estimate of drug-likeness (QED) is 0.377. The SMILES string of the molecule is COc1cc(Nc2nc(N[C@H](C(C)C)[C@H](C)NC(=O)OC(C)(C)C)c(F)cc2C(N)=O)cc(OC)n1. The number of amides is 2. The third kappa shape index (κ3) is 7.85. The van der Waals surface area contributed by atoms with Gasteiger partial charge in [0.25, 0.3) is 5.91 Å². The van der Waals surface area contributed by atoms with Crippen molar-refractivity contribution in [2.45, 2.75) is 59.2 Å². The fourth-order valence-electron chi connectivity index (χ4n) is 3.38. The van der Waals surface area contributed by atoms with E-state index < -0.39 is 35.5 Å². The standard InChI is InChI=1S/C24H35FN6O5/c1-12(2)19(13(3)27-23(33)36-24(4,5)6)30-22-16(25)11-15(20(26)32)21(31-22)28-14-9-17(34-7)29-18(10-14)35-8/h9-13,19H,1-8H3,(H2,26,32)(H,27,33)(H2,28,29,30,31)/t13-,19+/m0/s1. The summed E-state index contributed by atoms with van der Waals surface area (Å²) in [4.78, 5) is 32.7. The Hall–Kier alpha value is -3.83. The van der Waals surface area contributed by atoms with Gasteiger partial charge in [0.1, 0.15) is 11.4 Å². The van der Waals surface area contributed by atoms with Gasteiger partial charge in [-0.2, -0.15) is 4.98 Å². The molecule has 2 aromatic rings. The molecule has 2 rings (SSSR count). The van der Waals surface area contributed by atoms with Crippen LogP contribution in [0.2, 0.25) is 0 Å². The van der Waals surface area contributed by atoms with E-state index in [0.29, 0.717) is 5.69 Å². The van der Waals surface area contributed by atoms with Gasteiger partial charge in [0.15, 0.2) is 11.6 Å². The summed E-state index contributed by atoms with van der Waals surface area (Å²) in [6.45, 7) is 10.9. The summed E-state index contributed by atoms with van der Waals surface area (Å²) in [6.07, 6.45) is -0.595. The van der Waals surface area contributed by atoms with Gasteiger partial charge in [-0.15, -0.1) is 0 Å². The van der Waals surface area contributed by atoms with Gasteiger partial charge in [0.05, 0.1) is 25.5 Å². The molecular weight excluding hydrogens is 471 g/mol. The summed E-state index contributed by atoms with van der Waals surface area (Å²) >= 11 is 0. The van der Waals surface area contributed by atoms with Crippen molar-refractivity contribution in [3.63, 3.8) is 0 Å². The number of carbonyl (C=O) groups excluding carboxylic acids is 2. The molecule has 0 aliphatic rings. The van der Waals surface area contributed by atoms with Crippen LogP contribution >= 0.6 is 0 Å². The van der Waals surface area contributed by atoms with E-state index in [2.05, 4.69) is 25.9 Å². The van der Waals surface area contributed by atoms with E-state index in [9.17, 15) is 9.59 Å². The van der Waals surface area contributed by atoms with E-state index in [0.717, 1.165) is 6.07 Å². The van der Waals surface area contributed by atoms with Crippen LogP contribution in [0.1, 0.15) is 51.9 Å². The second-order valence-electron chi connectivity index (χ2n) is 9.49. The van der Waals surface area contributed by atoms with E-state index in [1.807, 2.05) is 13.8 Å². The molecule has 36 heavy (non-hydrogen) atoms. The molecule has 2 amide bonds. The first-order chi connectivity index (χ1) is 16.7. The number of rotatable bonds is 10. The number of aromatic nitrogens is 2. The summed E-state index contributed by atoms with van der Waals surface area (Å²) in [7, 11) is 2.88. The van der Waals surface area contributed by atoms with Crippen molar-refractivity contribution in [2.24, 2.45) is 11.7 Å². The number of nitrogens with one attached hydrogen (secondary N) is 3. The smallest absolute Gasteiger partial charge is 0.407 e. The van der Waals surface area contributed by atoms with E-state index >= 15 is 4.39 Å². The van der Waals surface area contributed by atoms with Crippen LogP contribution in [0, 0.1) is 11.7 Å². The Morgan fingerprint density at radius 2 is 1.58 bits per heavy atom. The Balaban J connectivity index is 2.39. The van der Waals surface area contributed by atoms with Gasteiger partial charge in [0.2, 0.25) is 11.8 Å². The Kier molecular flexibility index (Phi) is 9.26. The van der Waals surface area contributed by atoms with Gasteiger partial charge in [0, 0.05) is 24.2 Å². The largest absolute Gasteiger partial charge is 0.481 e. The number of hydrogen-bond acceptors (Lipinski definition) is 9. The van der Waals surface area contributed by atoms with Crippen LogP contribution in [-0.2, 0) is 4.74 Å². The Labute approximate surface area is 210 Å². The van der Waals surface area contributed by atoms with Crippen LogP contribution in [0.5, 0.6) is 11.8 Å². The molecule has 2 atom stereocenters. The molecule has 0 aromatic carbocycles. The third-order valence-electron chi connectivity index (χ3n) is 5.01. The first-order valence-electron chi connectivity index (χ1n) is 11.4. The predicted octanol–water partition coefficient (Wildman–Crippen LogP) is 3.83. The number of alkyl carbamates (subject to hydrolysis) is 1. The van der Waals surface area contributed by atoms with Crippen molar-refractivity contribution in [1.82, 2.24) is 15.3 Å². The van der Waals surface area contributed by atoms with Crippen LogP contribution in [-0.4, -0.2) is 53.9 Å². The first kappa shape index (κ1) is 28.4. The van der Waals surface area contributed by atoms with Crippen LogP contribution in [0.3, 0.4) is 0 Å². The summed E-state index contributed by atoms with van der Waals surface area (Å²) in [5.41, 5.74) is 5.07. The highest BCUT2D eigenvalue weighted by molar-refractivity contribution is 5.98. The topological polar surface area (TPSA) is 150 Å². The van der Waals surface area contributed by atoms with Crippen molar-refractivity contribution >= 4 is 29.3 Å². The minimum atomic E-state index is -0.871. The molecule has 198 valence electrons. The minimum Gasteiger partial charge on any atom is -0.481 e. The molecule has 0 aliphatic heterocycles. The summed E-state index contributed by atoms with van der Waals surface area (Å²) in [5, 5.41) is 8.76. The van der Waals surface area contributed by atoms with E-state index in [-0.39, 0.29) is 34.9 Å². The number of nitrogens with zero attached hydrogens (tertiary/aromatic N) is 2. The molecule has 11 nitrogen and oxygen atoms in total. The lowest BCUT2D eigenvalue weighted by Crippen LogP contribution is -2.49. The van der Waals surface area contributed by atoms with Gasteiger partial charge >= 0.3 is 6.09 Å². The second kappa shape index (κ2) is 11.7. The van der Waals surface area contributed by atoms with Gasteiger partial charge in [-0.25, -0.2) is 14.2 Å². The van der Waals surface area contributed by atoms with Crippen LogP contribution in [0.4, 0.5) is 26.5 Å². The summed E-state index contributed by atoms with van der Waals surface area (Å²) in [5.74, 6) is -1.32. The minimum absolute atomic E-state index is 0.0111. The summed E-state index contributed by atoms with van der Waals surface area (Å²) < 4.78 is 30.7. The van der Waals surface area contributed by atoms with Crippen molar-refractivity contribution in [3.05, 3.63) is 29.6 Å². The predicted molar refractivity (Wildman–Crippen MR) is 134 cm³/mol. The zero-order valence-electron chi connectivity index (χ0n) is 21.9. The van der Waals surface area contributed by atoms with Gasteiger partial charge < -0.3 is 35.9 Å². The second-order valence-corrected chi connectivity index (χ2v) is 9.49. The molecule has 0 saturated heterocycles. The maximum Gasteiger partial charge on any atom is 0.407 e. The van der Waals surface area contributed by atoms with Gasteiger partial charge in [-0.1, -0.05) is 13.8 Å². The van der Waals surface area contributed by atoms with Crippen molar-refractivity contribution in [1.29, 1.82) is 0 Å². The zero-order valence-corrected chi connectivity index (χ0v) is 21.9. The van der Waals surface area contributed by atoms with E-state index in [4.69, 9.17) is 19.9 Å². The number of nitrogens with two attached hydrogens (primary N) is 1. The summed E-state index contributed by atoms with van der Waals surface area (Å²) in [6, 6.07) is 3.21.